The fourth-order valence-corrected chi connectivity index (χ4v) is 5.79. The number of aromatic nitrogens is 4. The zero-order valence-electron chi connectivity index (χ0n) is 27.4. The maximum atomic E-state index is 13.5. The van der Waals surface area contributed by atoms with Gasteiger partial charge < -0.3 is 19.5 Å². The van der Waals surface area contributed by atoms with Crippen molar-refractivity contribution < 1.29 is 27.5 Å². The summed E-state index contributed by atoms with van der Waals surface area (Å²) in [5.41, 5.74) is 6.32. The molecule has 1 atom stereocenters. The van der Waals surface area contributed by atoms with Gasteiger partial charge in [0.2, 0.25) is 11.8 Å². The van der Waals surface area contributed by atoms with E-state index in [1.807, 2.05) is 98.3 Å². The molecule has 0 fully saturated rings. The van der Waals surface area contributed by atoms with Crippen LogP contribution in [0.15, 0.2) is 79.1 Å². The Hall–Kier alpha value is -5.13. The van der Waals surface area contributed by atoms with Crippen molar-refractivity contribution in [1.29, 1.82) is 0 Å². The highest BCUT2D eigenvalue weighted by Gasteiger charge is 2.37. The van der Waals surface area contributed by atoms with Gasteiger partial charge in [-0.2, -0.15) is 13.2 Å². The molecule has 0 saturated carbocycles. The number of carbonyl (C=O) groups is 2. The van der Waals surface area contributed by atoms with Gasteiger partial charge >= 0.3 is 6.18 Å². The monoisotopic (exact) mass is 660 g/mol. The van der Waals surface area contributed by atoms with Gasteiger partial charge in [-0.05, 0) is 66.1 Å². The predicted octanol–water partition coefficient (Wildman–Crippen LogP) is 6.27. The summed E-state index contributed by atoms with van der Waals surface area (Å²) in [6.07, 6.45) is -2.68. The molecule has 2 aromatic heterocycles. The molecule has 3 aromatic carbocycles. The van der Waals surface area contributed by atoms with E-state index in [1.165, 1.54) is 16.6 Å². The molecule has 5 aromatic rings. The largest absolute Gasteiger partial charge is 0.488 e. The van der Waals surface area contributed by atoms with E-state index in [0.29, 0.717) is 18.8 Å². The van der Waals surface area contributed by atoms with Crippen molar-refractivity contribution in [3.8, 4) is 5.75 Å². The van der Waals surface area contributed by atoms with Crippen molar-refractivity contribution in [3.05, 3.63) is 113 Å². The number of likely N-dealkylation sites (N-methyl/N-ethyl adjacent to an activating group) is 1. The Balaban J connectivity index is 1.17. The molecule has 2 heterocycles. The molecular weight excluding hydrogens is 621 g/mol. The first kappa shape index (κ1) is 34.2. The second-order valence-corrected chi connectivity index (χ2v) is 12.1. The van der Waals surface area contributed by atoms with Crippen molar-refractivity contribution in [2.24, 2.45) is 0 Å². The van der Waals surface area contributed by atoms with Gasteiger partial charge in [0.25, 0.3) is 0 Å². The summed E-state index contributed by atoms with van der Waals surface area (Å²) >= 11 is 0. The van der Waals surface area contributed by atoms with Crippen LogP contribution in [0.2, 0.25) is 0 Å². The zero-order valence-corrected chi connectivity index (χ0v) is 27.4. The van der Waals surface area contributed by atoms with Gasteiger partial charge in [0.1, 0.15) is 24.1 Å². The number of fused-ring (bicyclic) bond motifs is 1. The molecular formula is C36H39F3N6O3. The van der Waals surface area contributed by atoms with Crippen molar-refractivity contribution in [3.63, 3.8) is 0 Å². The zero-order chi connectivity index (χ0) is 34.4. The Morgan fingerprint density at radius 1 is 0.979 bits per heavy atom. The highest BCUT2D eigenvalue weighted by Crippen LogP contribution is 2.28. The molecule has 0 spiro atoms. The quantitative estimate of drug-likeness (QED) is 0.161. The molecule has 12 heteroatoms. The van der Waals surface area contributed by atoms with Crippen LogP contribution in [0.5, 0.6) is 5.75 Å². The third kappa shape index (κ3) is 8.81. The van der Waals surface area contributed by atoms with Crippen molar-refractivity contribution in [1.82, 2.24) is 29.8 Å². The SMILES string of the molecule is Cc1ccccc1COc1c(C)cc(CN(C)C(=O)C(CC(F)(F)F)NC(=O)CCn2cc(Cn3ccc4ccccc43)nn2)cc1C. The predicted molar refractivity (Wildman–Crippen MR) is 176 cm³/mol. The summed E-state index contributed by atoms with van der Waals surface area (Å²) in [7, 11) is 1.43. The first-order chi connectivity index (χ1) is 22.9. The molecule has 48 heavy (non-hydrogen) atoms. The van der Waals surface area contributed by atoms with E-state index in [0.717, 1.165) is 44.5 Å². The third-order valence-electron chi connectivity index (χ3n) is 8.18. The number of alkyl halides is 3. The molecule has 0 radical (unpaired) electrons. The minimum Gasteiger partial charge on any atom is -0.488 e. The van der Waals surface area contributed by atoms with Crippen LogP contribution in [0.4, 0.5) is 13.2 Å². The van der Waals surface area contributed by atoms with Gasteiger partial charge in [-0.25, -0.2) is 0 Å². The Morgan fingerprint density at radius 2 is 1.69 bits per heavy atom. The summed E-state index contributed by atoms with van der Waals surface area (Å²) in [5, 5.41) is 11.6. The molecule has 0 aliphatic rings. The van der Waals surface area contributed by atoms with Gasteiger partial charge in [-0.15, -0.1) is 5.10 Å². The van der Waals surface area contributed by atoms with Crippen LogP contribution in [0, 0.1) is 20.8 Å². The number of amides is 2. The smallest absolute Gasteiger partial charge is 0.391 e. The molecule has 0 bridgehead atoms. The maximum absolute atomic E-state index is 13.5. The molecule has 0 aliphatic carbocycles. The van der Waals surface area contributed by atoms with Gasteiger partial charge in [0.15, 0.2) is 0 Å². The lowest BCUT2D eigenvalue weighted by atomic mass is 10.0. The molecule has 5 rings (SSSR count). The van der Waals surface area contributed by atoms with Crippen LogP contribution in [0.3, 0.4) is 0 Å². The molecule has 9 nitrogen and oxygen atoms in total. The number of nitrogens with one attached hydrogen (secondary N) is 1. The number of rotatable bonds is 13. The fourth-order valence-electron chi connectivity index (χ4n) is 5.79. The second kappa shape index (κ2) is 14.7. The van der Waals surface area contributed by atoms with Crippen LogP contribution in [0.25, 0.3) is 10.9 Å². The molecule has 2 amide bonds. The molecule has 0 saturated heterocycles. The molecule has 1 N–H and O–H groups in total. The lowest BCUT2D eigenvalue weighted by molar-refractivity contribution is -0.155. The first-order valence-corrected chi connectivity index (χ1v) is 15.7. The summed E-state index contributed by atoms with van der Waals surface area (Å²) in [4.78, 5) is 27.3. The van der Waals surface area contributed by atoms with Crippen molar-refractivity contribution >= 4 is 22.7 Å². The first-order valence-electron chi connectivity index (χ1n) is 15.7. The lowest BCUT2D eigenvalue weighted by Crippen LogP contribution is -2.49. The highest BCUT2D eigenvalue weighted by molar-refractivity contribution is 5.87. The standard InChI is InChI=1S/C36H39F3N6O3/c1-24-9-5-6-11-29(24)23-48-34-25(2)17-27(18-26(34)3)20-43(4)35(47)31(19-36(37,38)39)40-33(46)14-16-45-22-30(41-42-45)21-44-15-13-28-10-7-8-12-32(28)44/h5-13,15,17-18,22,31H,14,16,19-21,23H2,1-4H3,(H,40,46). The fraction of sp³-hybridized carbons (Fsp3) is 0.333. The lowest BCUT2D eigenvalue weighted by Gasteiger charge is -2.26. The Bertz CT molecular complexity index is 1870. The molecule has 252 valence electrons. The summed E-state index contributed by atoms with van der Waals surface area (Å²) in [6, 6.07) is 19.8. The van der Waals surface area contributed by atoms with E-state index in [9.17, 15) is 22.8 Å². The number of halogens is 3. The van der Waals surface area contributed by atoms with Gasteiger partial charge in [-0.1, -0.05) is 59.8 Å². The minimum atomic E-state index is -4.67. The van der Waals surface area contributed by atoms with Gasteiger partial charge in [0, 0.05) is 31.7 Å². The van der Waals surface area contributed by atoms with E-state index >= 15 is 0 Å². The average Bonchev–Trinajstić information content (AvgIpc) is 3.66. The van der Waals surface area contributed by atoms with Crippen molar-refractivity contribution in [2.45, 2.75) is 72.1 Å². The van der Waals surface area contributed by atoms with E-state index in [4.69, 9.17) is 4.74 Å². The minimum absolute atomic E-state index is 0.0568. The number of nitrogens with zero attached hydrogens (tertiary/aromatic N) is 5. The van der Waals surface area contributed by atoms with Crippen LogP contribution in [-0.2, 0) is 35.8 Å². The van der Waals surface area contributed by atoms with E-state index in [-0.39, 0.29) is 19.5 Å². The summed E-state index contributed by atoms with van der Waals surface area (Å²) < 4.78 is 50.2. The van der Waals surface area contributed by atoms with E-state index in [1.54, 1.807) is 6.20 Å². The van der Waals surface area contributed by atoms with Crippen LogP contribution in [0.1, 0.15) is 46.4 Å². The van der Waals surface area contributed by atoms with Crippen LogP contribution in [-0.4, -0.2) is 55.5 Å². The molecule has 0 aliphatic heterocycles. The Labute approximate surface area is 277 Å². The average molecular weight is 661 g/mol. The van der Waals surface area contributed by atoms with Gasteiger partial charge in [0.05, 0.1) is 25.7 Å². The summed E-state index contributed by atoms with van der Waals surface area (Å²) in [6.45, 7) is 6.80. The molecule has 1 unspecified atom stereocenters. The number of hydrogen-bond acceptors (Lipinski definition) is 5. The number of para-hydroxylation sites is 1. The number of ether oxygens (including phenoxy) is 1. The Kier molecular flexibility index (Phi) is 10.5. The number of carbonyl (C=O) groups excluding carboxylic acids is 2. The van der Waals surface area contributed by atoms with Crippen LogP contribution < -0.4 is 10.1 Å². The van der Waals surface area contributed by atoms with Gasteiger partial charge in [-0.3, -0.25) is 14.3 Å². The van der Waals surface area contributed by atoms with Crippen molar-refractivity contribution in [2.75, 3.05) is 7.05 Å². The third-order valence-corrected chi connectivity index (χ3v) is 8.18. The summed E-state index contributed by atoms with van der Waals surface area (Å²) in [5.74, 6) is -0.810. The second-order valence-electron chi connectivity index (χ2n) is 12.1. The maximum Gasteiger partial charge on any atom is 0.391 e. The highest BCUT2D eigenvalue weighted by atomic mass is 19.4. The van der Waals surface area contributed by atoms with Crippen LogP contribution >= 0.6 is 0 Å². The Morgan fingerprint density at radius 3 is 2.42 bits per heavy atom. The van der Waals surface area contributed by atoms with E-state index < -0.39 is 30.5 Å². The normalized spacial score (nSPS) is 12.2. The topological polar surface area (TPSA) is 94.3 Å². The number of benzene rings is 3. The number of hydrogen-bond donors (Lipinski definition) is 1. The number of aryl methyl sites for hydroxylation is 4. The van der Waals surface area contributed by atoms with E-state index in [2.05, 4.69) is 15.6 Å².